The number of rotatable bonds is 3. The third-order valence-electron chi connectivity index (χ3n) is 3.20. The zero-order chi connectivity index (χ0) is 17.1. The van der Waals surface area contributed by atoms with Gasteiger partial charge in [-0.05, 0) is 42.5 Å². The zero-order valence-corrected chi connectivity index (χ0v) is 13.7. The quantitative estimate of drug-likeness (QED) is 0.720. The van der Waals surface area contributed by atoms with Crippen molar-refractivity contribution in [2.75, 3.05) is 5.32 Å². The van der Waals surface area contributed by atoms with E-state index in [0.29, 0.717) is 15.9 Å². The highest BCUT2D eigenvalue weighted by Gasteiger charge is 2.11. The molecule has 0 saturated carbocycles. The number of benzene rings is 2. The number of amides is 1. The van der Waals surface area contributed by atoms with Gasteiger partial charge < -0.3 is 5.32 Å². The van der Waals surface area contributed by atoms with Gasteiger partial charge in [-0.3, -0.25) is 4.79 Å². The minimum Gasteiger partial charge on any atom is -0.319 e. The van der Waals surface area contributed by atoms with Gasteiger partial charge in [0.1, 0.15) is 11.6 Å². The summed E-state index contributed by atoms with van der Waals surface area (Å²) in [6, 6.07) is 10.0. The minimum absolute atomic E-state index is 0.0609. The molecule has 3 aromatic rings. The molecule has 0 aliphatic heterocycles. The highest BCUT2D eigenvalue weighted by molar-refractivity contribution is 9.10. The summed E-state index contributed by atoms with van der Waals surface area (Å²) in [6.07, 6.45) is 2.66. The number of hydrogen-bond acceptors (Lipinski definition) is 3. The Hall–Kier alpha value is -2.67. The van der Waals surface area contributed by atoms with Crippen molar-refractivity contribution in [3.8, 4) is 11.4 Å². The SMILES string of the molecule is O=C(Nc1ccc(Br)cc1F)c1cnc(-c2ccc(F)cc2)nc1. The number of nitrogens with zero attached hydrogens (tertiary/aromatic N) is 2. The van der Waals surface area contributed by atoms with E-state index >= 15 is 0 Å². The number of aromatic nitrogens is 2. The van der Waals surface area contributed by atoms with Crippen LogP contribution in [0.5, 0.6) is 0 Å². The van der Waals surface area contributed by atoms with Crippen molar-refractivity contribution in [3.63, 3.8) is 0 Å². The molecule has 1 aromatic heterocycles. The van der Waals surface area contributed by atoms with Gasteiger partial charge in [-0.15, -0.1) is 0 Å². The average molecular weight is 390 g/mol. The van der Waals surface area contributed by atoms with Crippen LogP contribution in [0, 0.1) is 11.6 Å². The molecular formula is C17H10BrF2N3O. The fourth-order valence-corrected chi connectivity index (χ4v) is 2.31. The Bertz CT molecular complexity index is 883. The third kappa shape index (κ3) is 3.62. The van der Waals surface area contributed by atoms with Crippen molar-refractivity contribution in [3.05, 3.63) is 76.5 Å². The van der Waals surface area contributed by atoms with Crippen molar-refractivity contribution < 1.29 is 13.6 Å². The number of nitrogens with one attached hydrogen (secondary N) is 1. The summed E-state index contributed by atoms with van der Waals surface area (Å²) in [5.74, 6) is -1.07. The topological polar surface area (TPSA) is 54.9 Å². The first-order chi connectivity index (χ1) is 11.5. The Morgan fingerprint density at radius 2 is 1.67 bits per heavy atom. The normalized spacial score (nSPS) is 10.5. The Morgan fingerprint density at radius 3 is 2.29 bits per heavy atom. The molecule has 0 atom stereocenters. The van der Waals surface area contributed by atoms with Gasteiger partial charge in [-0.25, -0.2) is 18.7 Å². The van der Waals surface area contributed by atoms with Gasteiger partial charge in [-0.2, -0.15) is 0 Å². The maximum absolute atomic E-state index is 13.7. The predicted molar refractivity (Wildman–Crippen MR) is 89.5 cm³/mol. The number of anilines is 1. The molecule has 0 fully saturated rings. The standard InChI is InChI=1S/C17H10BrF2N3O/c18-12-3-6-15(14(20)7-12)23-17(24)11-8-21-16(22-9-11)10-1-4-13(19)5-2-10/h1-9H,(H,23,24). The van der Waals surface area contributed by atoms with Gasteiger partial charge in [-0.1, -0.05) is 15.9 Å². The summed E-state index contributed by atoms with van der Waals surface area (Å²) >= 11 is 3.15. The van der Waals surface area contributed by atoms with Gasteiger partial charge in [0.25, 0.3) is 5.91 Å². The van der Waals surface area contributed by atoms with E-state index in [4.69, 9.17) is 0 Å². The van der Waals surface area contributed by atoms with Crippen LogP contribution in [0.1, 0.15) is 10.4 Å². The maximum atomic E-state index is 13.7. The summed E-state index contributed by atoms with van der Waals surface area (Å²) in [5.41, 5.74) is 0.872. The highest BCUT2D eigenvalue weighted by atomic mass is 79.9. The van der Waals surface area contributed by atoms with Crippen LogP contribution in [0.15, 0.2) is 59.3 Å². The summed E-state index contributed by atoms with van der Waals surface area (Å²) in [5, 5.41) is 2.46. The molecular weight excluding hydrogens is 380 g/mol. The van der Waals surface area contributed by atoms with Gasteiger partial charge in [0.15, 0.2) is 5.82 Å². The molecule has 120 valence electrons. The van der Waals surface area contributed by atoms with Crippen LogP contribution in [-0.4, -0.2) is 15.9 Å². The van der Waals surface area contributed by atoms with Crippen LogP contribution in [0.3, 0.4) is 0 Å². The molecule has 3 rings (SSSR count). The van der Waals surface area contributed by atoms with E-state index in [-0.39, 0.29) is 17.1 Å². The fraction of sp³-hybridized carbons (Fsp3) is 0. The maximum Gasteiger partial charge on any atom is 0.258 e. The second-order valence-corrected chi connectivity index (χ2v) is 5.80. The van der Waals surface area contributed by atoms with Crippen LogP contribution in [0.25, 0.3) is 11.4 Å². The summed E-state index contributed by atoms with van der Waals surface area (Å²) in [6.45, 7) is 0. The van der Waals surface area contributed by atoms with Crippen LogP contribution >= 0.6 is 15.9 Å². The van der Waals surface area contributed by atoms with Crippen LogP contribution < -0.4 is 5.32 Å². The Morgan fingerprint density at radius 1 is 1.00 bits per heavy atom. The smallest absolute Gasteiger partial charge is 0.258 e. The van der Waals surface area contributed by atoms with E-state index in [9.17, 15) is 13.6 Å². The molecule has 1 amide bonds. The first-order valence-electron chi connectivity index (χ1n) is 6.87. The van der Waals surface area contributed by atoms with Gasteiger partial charge in [0.05, 0.1) is 11.3 Å². The number of carbonyl (C=O) groups is 1. The molecule has 0 saturated heterocycles. The predicted octanol–water partition coefficient (Wildman–Crippen LogP) is 4.44. The molecule has 0 radical (unpaired) electrons. The lowest BCUT2D eigenvalue weighted by molar-refractivity contribution is 0.102. The molecule has 0 unspecified atom stereocenters. The average Bonchev–Trinajstić information content (AvgIpc) is 2.58. The van der Waals surface area contributed by atoms with Crippen molar-refractivity contribution in [1.29, 1.82) is 0 Å². The molecule has 0 aliphatic rings. The van der Waals surface area contributed by atoms with Crippen molar-refractivity contribution in [1.82, 2.24) is 9.97 Å². The minimum atomic E-state index is -0.554. The van der Waals surface area contributed by atoms with Gasteiger partial charge in [0, 0.05) is 22.4 Å². The third-order valence-corrected chi connectivity index (χ3v) is 3.69. The second-order valence-electron chi connectivity index (χ2n) is 4.88. The van der Waals surface area contributed by atoms with Gasteiger partial charge >= 0.3 is 0 Å². The van der Waals surface area contributed by atoms with Crippen LogP contribution in [0.4, 0.5) is 14.5 Å². The van der Waals surface area contributed by atoms with E-state index in [1.54, 1.807) is 18.2 Å². The highest BCUT2D eigenvalue weighted by Crippen LogP contribution is 2.20. The molecule has 1 heterocycles. The van der Waals surface area contributed by atoms with Gasteiger partial charge in [0.2, 0.25) is 0 Å². The molecule has 0 aliphatic carbocycles. The van der Waals surface area contributed by atoms with E-state index in [1.165, 1.54) is 36.7 Å². The van der Waals surface area contributed by atoms with Crippen LogP contribution in [0.2, 0.25) is 0 Å². The molecule has 0 bridgehead atoms. The lowest BCUT2D eigenvalue weighted by atomic mass is 10.2. The molecule has 4 nitrogen and oxygen atoms in total. The number of halogens is 3. The molecule has 24 heavy (non-hydrogen) atoms. The van der Waals surface area contributed by atoms with Crippen molar-refractivity contribution >= 4 is 27.5 Å². The van der Waals surface area contributed by atoms with Crippen molar-refractivity contribution in [2.24, 2.45) is 0 Å². The summed E-state index contributed by atoms with van der Waals surface area (Å²) in [7, 11) is 0. The molecule has 1 N–H and O–H groups in total. The van der Waals surface area contributed by atoms with E-state index in [0.717, 1.165) is 0 Å². The van der Waals surface area contributed by atoms with Crippen molar-refractivity contribution in [2.45, 2.75) is 0 Å². The molecule has 7 heteroatoms. The molecule has 2 aromatic carbocycles. The summed E-state index contributed by atoms with van der Waals surface area (Å²) < 4.78 is 27.2. The Kier molecular flexibility index (Phi) is 4.61. The lowest BCUT2D eigenvalue weighted by Gasteiger charge is -2.07. The Labute approximate surface area is 144 Å². The zero-order valence-electron chi connectivity index (χ0n) is 12.1. The second kappa shape index (κ2) is 6.84. The molecule has 0 spiro atoms. The fourth-order valence-electron chi connectivity index (χ4n) is 1.98. The first kappa shape index (κ1) is 16.2. The number of carbonyl (C=O) groups excluding carboxylic acids is 1. The largest absolute Gasteiger partial charge is 0.319 e. The van der Waals surface area contributed by atoms with E-state index in [1.807, 2.05) is 0 Å². The number of hydrogen-bond donors (Lipinski definition) is 1. The first-order valence-corrected chi connectivity index (χ1v) is 7.66. The van der Waals surface area contributed by atoms with E-state index in [2.05, 4.69) is 31.2 Å². The van der Waals surface area contributed by atoms with E-state index < -0.39 is 11.7 Å². The Balaban J connectivity index is 1.77. The monoisotopic (exact) mass is 389 g/mol. The van der Waals surface area contributed by atoms with Crippen LogP contribution in [-0.2, 0) is 0 Å². The lowest BCUT2D eigenvalue weighted by Crippen LogP contribution is -2.13. The summed E-state index contributed by atoms with van der Waals surface area (Å²) in [4.78, 5) is 20.3.